The maximum absolute atomic E-state index is 13.5. The molecule has 4 heteroatoms. The molecule has 0 aliphatic heterocycles. The minimum atomic E-state index is -0.369. The molecule has 104 valence electrons. The molecule has 1 amide bonds. The monoisotopic (exact) mass is 272 g/mol. The van der Waals surface area contributed by atoms with Crippen molar-refractivity contribution in [2.75, 3.05) is 5.32 Å². The number of nitrogens with one attached hydrogen (secondary N) is 1. The lowest BCUT2D eigenvalue weighted by Gasteiger charge is -2.10. The van der Waals surface area contributed by atoms with E-state index in [4.69, 9.17) is 5.73 Å². The second-order valence-electron chi connectivity index (χ2n) is 4.73. The van der Waals surface area contributed by atoms with E-state index in [0.717, 1.165) is 5.56 Å². The Kier molecular flexibility index (Phi) is 4.48. The van der Waals surface area contributed by atoms with E-state index in [9.17, 15) is 9.18 Å². The van der Waals surface area contributed by atoms with E-state index in [-0.39, 0.29) is 24.2 Å². The number of carbonyl (C=O) groups is 1. The summed E-state index contributed by atoms with van der Waals surface area (Å²) in [5.41, 5.74) is 7.78. The molecule has 3 nitrogen and oxygen atoms in total. The van der Waals surface area contributed by atoms with E-state index >= 15 is 0 Å². The van der Waals surface area contributed by atoms with Crippen LogP contribution in [0, 0.1) is 5.82 Å². The molecular weight excluding hydrogens is 255 g/mol. The van der Waals surface area contributed by atoms with Crippen LogP contribution in [0.25, 0.3) is 0 Å². The van der Waals surface area contributed by atoms with Gasteiger partial charge in [-0.1, -0.05) is 30.3 Å². The number of nitrogens with two attached hydrogens (primary N) is 1. The van der Waals surface area contributed by atoms with Gasteiger partial charge in [0.1, 0.15) is 5.82 Å². The van der Waals surface area contributed by atoms with Crippen LogP contribution >= 0.6 is 0 Å². The molecule has 0 bridgehead atoms. The summed E-state index contributed by atoms with van der Waals surface area (Å²) in [6, 6.07) is 13.5. The van der Waals surface area contributed by atoms with Crippen LogP contribution in [-0.2, 0) is 11.2 Å². The second-order valence-corrected chi connectivity index (χ2v) is 4.73. The van der Waals surface area contributed by atoms with Gasteiger partial charge in [0.2, 0.25) is 5.91 Å². The first kappa shape index (κ1) is 14.2. The van der Waals surface area contributed by atoms with E-state index in [1.165, 1.54) is 6.07 Å². The van der Waals surface area contributed by atoms with Gasteiger partial charge in [-0.15, -0.1) is 0 Å². The summed E-state index contributed by atoms with van der Waals surface area (Å²) in [4.78, 5) is 11.9. The van der Waals surface area contributed by atoms with E-state index in [1.807, 2.05) is 25.1 Å². The van der Waals surface area contributed by atoms with Crippen LogP contribution in [0.5, 0.6) is 0 Å². The molecule has 0 aromatic heterocycles. The van der Waals surface area contributed by atoms with Crippen molar-refractivity contribution in [3.63, 3.8) is 0 Å². The summed E-state index contributed by atoms with van der Waals surface area (Å²) >= 11 is 0. The zero-order chi connectivity index (χ0) is 14.5. The fraction of sp³-hybridized carbons (Fsp3) is 0.188. The fourth-order valence-electron chi connectivity index (χ4n) is 1.92. The third-order valence-electron chi connectivity index (χ3n) is 3.01. The predicted molar refractivity (Wildman–Crippen MR) is 77.8 cm³/mol. The Morgan fingerprint density at radius 2 is 2.00 bits per heavy atom. The zero-order valence-corrected chi connectivity index (χ0v) is 11.3. The summed E-state index contributed by atoms with van der Waals surface area (Å²) in [5.74, 6) is -0.621. The second kappa shape index (κ2) is 6.30. The molecule has 3 N–H and O–H groups in total. The molecule has 2 aromatic carbocycles. The van der Waals surface area contributed by atoms with Crippen LogP contribution in [-0.4, -0.2) is 5.91 Å². The van der Waals surface area contributed by atoms with Gasteiger partial charge in [-0.05, 0) is 36.2 Å². The van der Waals surface area contributed by atoms with Crippen LogP contribution < -0.4 is 11.1 Å². The Morgan fingerprint density at radius 3 is 2.70 bits per heavy atom. The van der Waals surface area contributed by atoms with Crippen LogP contribution in [0.4, 0.5) is 10.1 Å². The van der Waals surface area contributed by atoms with Gasteiger partial charge in [0.25, 0.3) is 0 Å². The Hall–Kier alpha value is -2.20. The highest BCUT2D eigenvalue weighted by molar-refractivity contribution is 5.92. The van der Waals surface area contributed by atoms with Crippen molar-refractivity contribution >= 4 is 11.6 Å². The Bertz CT molecular complexity index is 611. The highest BCUT2D eigenvalue weighted by Gasteiger charge is 2.08. The minimum absolute atomic E-state index is 0.00901. The molecule has 20 heavy (non-hydrogen) atoms. The number of benzene rings is 2. The van der Waals surface area contributed by atoms with E-state index in [2.05, 4.69) is 5.32 Å². The average Bonchev–Trinajstić information content (AvgIpc) is 2.41. The van der Waals surface area contributed by atoms with Gasteiger partial charge < -0.3 is 11.1 Å². The quantitative estimate of drug-likeness (QED) is 0.898. The van der Waals surface area contributed by atoms with Gasteiger partial charge in [0.05, 0.1) is 6.42 Å². The molecule has 0 aliphatic rings. The molecule has 2 aromatic rings. The van der Waals surface area contributed by atoms with Gasteiger partial charge in [-0.25, -0.2) is 4.39 Å². The van der Waals surface area contributed by atoms with Crippen LogP contribution in [0.3, 0.4) is 0 Å². The smallest absolute Gasteiger partial charge is 0.228 e. The van der Waals surface area contributed by atoms with Gasteiger partial charge in [-0.2, -0.15) is 0 Å². The first-order valence-corrected chi connectivity index (χ1v) is 6.45. The van der Waals surface area contributed by atoms with E-state index in [0.29, 0.717) is 11.3 Å². The van der Waals surface area contributed by atoms with Crippen molar-refractivity contribution in [1.29, 1.82) is 0 Å². The molecule has 0 fully saturated rings. The van der Waals surface area contributed by atoms with Crippen LogP contribution in [0.2, 0.25) is 0 Å². The highest BCUT2D eigenvalue weighted by Crippen LogP contribution is 2.16. The zero-order valence-electron chi connectivity index (χ0n) is 11.3. The summed E-state index contributed by atoms with van der Waals surface area (Å²) < 4.78 is 13.5. The first-order chi connectivity index (χ1) is 9.56. The molecule has 1 atom stereocenters. The van der Waals surface area contributed by atoms with Gasteiger partial charge >= 0.3 is 0 Å². The summed E-state index contributed by atoms with van der Waals surface area (Å²) in [6.45, 7) is 1.88. The Morgan fingerprint density at radius 1 is 1.25 bits per heavy atom. The van der Waals surface area contributed by atoms with E-state index < -0.39 is 0 Å². The molecule has 0 radical (unpaired) electrons. The highest BCUT2D eigenvalue weighted by atomic mass is 19.1. The van der Waals surface area contributed by atoms with Crippen molar-refractivity contribution in [2.45, 2.75) is 19.4 Å². The van der Waals surface area contributed by atoms with Crippen molar-refractivity contribution in [3.8, 4) is 0 Å². The number of hydrogen-bond donors (Lipinski definition) is 2. The lowest BCUT2D eigenvalue weighted by Crippen LogP contribution is -2.15. The number of halogens is 1. The van der Waals surface area contributed by atoms with Crippen LogP contribution in [0.1, 0.15) is 24.1 Å². The largest absolute Gasteiger partial charge is 0.326 e. The molecule has 0 saturated heterocycles. The lowest BCUT2D eigenvalue weighted by molar-refractivity contribution is -0.115. The number of anilines is 1. The van der Waals surface area contributed by atoms with Crippen molar-refractivity contribution in [3.05, 3.63) is 65.5 Å². The minimum Gasteiger partial charge on any atom is -0.326 e. The molecular formula is C16H17FN2O. The number of hydrogen-bond acceptors (Lipinski definition) is 2. The standard InChI is InChI=1S/C16H17FN2O/c1-11(18)12-6-4-7-14(9-12)19-16(20)10-13-5-2-3-8-15(13)17/h2-9,11H,10,18H2,1H3,(H,19,20)/t11-/m0/s1. The van der Waals surface area contributed by atoms with Crippen molar-refractivity contribution in [2.24, 2.45) is 5.73 Å². The Balaban J connectivity index is 2.05. The van der Waals surface area contributed by atoms with Crippen molar-refractivity contribution < 1.29 is 9.18 Å². The third-order valence-corrected chi connectivity index (χ3v) is 3.01. The SMILES string of the molecule is C[C@H](N)c1cccc(NC(=O)Cc2ccccc2F)c1. The lowest BCUT2D eigenvalue weighted by atomic mass is 10.1. The summed E-state index contributed by atoms with van der Waals surface area (Å²) in [7, 11) is 0. The van der Waals surface area contributed by atoms with Gasteiger partial charge in [0.15, 0.2) is 0 Å². The maximum Gasteiger partial charge on any atom is 0.228 e. The molecule has 0 saturated carbocycles. The molecule has 0 unspecified atom stereocenters. The normalized spacial score (nSPS) is 11.9. The molecule has 0 aliphatic carbocycles. The number of amides is 1. The predicted octanol–water partition coefficient (Wildman–Crippen LogP) is 3.03. The third kappa shape index (κ3) is 3.65. The summed E-state index contributed by atoms with van der Waals surface area (Å²) in [6.07, 6.45) is 0.00901. The van der Waals surface area contributed by atoms with Crippen LogP contribution in [0.15, 0.2) is 48.5 Å². The van der Waals surface area contributed by atoms with E-state index in [1.54, 1.807) is 24.3 Å². The Labute approximate surface area is 117 Å². The summed E-state index contributed by atoms with van der Waals surface area (Å²) in [5, 5.41) is 2.75. The molecule has 0 heterocycles. The number of carbonyl (C=O) groups excluding carboxylic acids is 1. The molecule has 0 spiro atoms. The number of rotatable bonds is 4. The van der Waals surface area contributed by atoms with Gasteiger partial charge in [0, 0.05) is 11.7 Å². The molecule has 2 rings (SSSR count). The fourth-order valence-corrected chi connectivity index (χ4v) is 1.92. The maximum atomic E-state index is 13.5. The van der Waals surface area contributed by atoms with Gasteiger partial charge in [-0.3, -0.25) is 4.79 Å². The first-order valence-electron chi connectivity index (χ1n) is 6.45. The van der Waals surface area contributed by atoms with Crippen molar-refractivity contribution in [1.82, 2.24) is 0 Å². The average molecular weight is 272 g/mol. The topological polar surface area (TPSA) is 55.1 Å².